The molecule has 2 aliphatic heterocycles. The second-order valence-electron chi connectivity index (χ2n) is 12.8. The molecule has 1 aromatic heterocycles. The molecule has 1 spiro atoms. The molecule has 1 saturated heterocycles. The Bertz CT molecular complexity index is 1420. The van der Waals surface area contributed by atoms with Crippen molar-refractivity contribution < 1.29 is 19.1 Å². The van der Waals surface area contributed by atoms with Crippen molar-refractivity contribution in [2.24, 2.45) is 11.8 Å². The van der Waals surface area contributed by atoms with E-state index in [1.165, 1.54) is 11.1 Å². The molecule has 2 aromatic carbocycles. The number of aliphatic hydroxyl groups is 1. The molecule has 6 nitrogen and oxygen atoms in total. The average Bonchev–Trinajstić information content (AvgIpc) is 3.62. The van der Waals surface area contributed by atoms with Crippen molar-refractivity contribution >= 4 is 12.0 Å². The van der Waals surface area contributed by atoms with Crippen LogP contribution >= 0.6 is 0 Å². The Hall–Kier alpha value is -3.35. The molecule has 1 saturated carbocycles. The van der Waals surface area contributed by atoms with Gasteiger partial charge in [0, 0.05) is 41.7 Å². The van der Waals surface area contributed by atoms with E-state index in [-0.39, 0.29) is 23.5 Å². The second-order valence-corrected chi connectivity index (χ2v) is 12.8. The Labute approximate surface area is 242 Å². The maximum Gasteiger partial charge on any atom is 0.246 e. The van der Waals surface area contributed by atoms with E-state index in [2.05, 4.69) is 41.8 Å². The summed E-state index contributed by atoms with van der Waals surface area (Å²) in [5.74, 6) is 1.84. The number of hydrogen-bond acceptors (Lipinski definition) is 5. The fourth-order valence-corrected chi connectivity index (χ4v) is 8.53. The minimum atomic E-state index is -0.508. The topological polar surface area (TPSA) is 66.2 Å². The number of benzene rings is 2. The molecule has 0 radical (unpaired) electrons. The first-order valence-corrected chi connectivity index (χ1v) is 15.2. The van der Waals surface area contributed by atoms with Crippen molar-refractivity contribution in [3.8, 4) is 5.75 Å². The number of amides is 1. The highest BCUT2D eigenvalue weighted by Gasteiger charge is 2.66. The third-order valence-corrected chi connectivity index (χ3v) is 10.1. The van der Waals surface area contributed by atoms with Crippen LogP contribution in [0.4, 0.5) is 0 Å². The van der Waals surface area contributed by atoms with E-state index < -0.39 is 6.10 Å². The average molecular weight is 553 g/mol. The fraction of sp³-hybridized carbons (Fsp3) is 0.457. The first-order chi connectivity index (χ1) is 20.0. The highest BCUT2D eigenvalue weighted by molar-refractivity contribution is 5.92. The molecule has 7 rings (SSSR count). The summed E-state index contributed by atoms with van der Waals surface area (Å²) in [5.41, 5.74) is 4.55. The SMILES string of the molecule is CC(C)CN(C(=O)C=Cc1ccoc1)[C@H]1CC[C@H]2[C@H]3Cc4cccc5c4[C@@]2(CCN3CC(O)c2ccccc2)[C@H]1O5. The van der Waals surface area contributed by atoms with Gasteiger partial charge in [-0.3, -0.25) is 9.69 Å². The molecule has 2 bridgehead atoms. The largest absolute Gasteiger partial charge is 0.487 e. The van der Waals surface area contributed by atoms with E-state index >= 15 is 0 Å². The van der Waals surface area contributed by atoms with Gasteiger partial charge in [-0.05, 0) is 73.4 Å². The molecule has 1 unspecified atom stereocenters. The quantitative estimate of drug-likeness (QED) is 0.368. The molecule has 1 N–H and O–H groups in total. The van der Waals surface area contributed by atoms with Gasteiger partial charge in [0.25, 0.3) is 0 Å². The van der Waals surface area contributed by atoms with Crippen LogP contribution in [0.25, 0.3) is 6.08 Å². The van der Waals surface area contributed by atoms with Gasteiger partial charge < -0.3 is 19.2 Å². The molecule has 214 valence electrons. The van der Waals surface area contributed by atoms with E-state index in [1.807, 2.05) is 42.5 Å². The number of rotatable bonds is 8. The van der Waals surface area contributed by atoms with Crippen LogP contribution in [0.2, 0.25) is 0 Å². The molecule has 6 atom stereocenters. The van der Waals surface area contributed by atoms with Crippen LogP contribution in [0.5, 0.6) is 5.75 Å². The molecular weight excluding hydrogens is 512 g/mol. The van der Waals surface area contributed by atoms with Crippen molar-refractivity contribution in [1.29, 1.82) is 0 Å². The molecule has 2 fully saturated rings. The standard InChI is InChI=1S/C35H40N2O4/c1-23(2)20-37(32(39)14-11-24-15-18-40-22-24)28-13-12-27-29-19-26-9-6-10-31-33(26)35(27,34(28)41-31)16-17-36(29)21-30(38)25-7-4-3-5-8-25/h3-11,14-15,18,22-23,27-30,34,38H,12-13,16-17,19-21H2,1-2H3/t27-,28-,29+,30?,34-,35-/m0/s1. The third-order valence-electron chi connectivity index (χ3n) is 10.1. The van der Waals surface area contributed by atoms with Gasteiger partial charge >= 0.3 is 0 Å². The number of likely N-dealkylation sites (tertiary alicyclic amines) is 1. The van der Waals surface area contributed by atoms with Crippen molar-refractivity contribution in [1.82, 2.24) is 9.80 Å². The van der Waals surface area contributed by atoms with Gasteiger partial charge in [0.2, 0.25) is 5.91 Å². The number of hydrogen-bond donors (Lipinski definition) is 1. The Morgan fingerprint density at radius 3 is 2.78 bits per heavy atom. The molecule has 3 heterocycles. The highest BCUT2D eigenvalue weighted by Crippen LogP contribution is 2.62. The zero-order chi connectivity index (χ0) is 28.1. The fourth-order valence-electron chi connectivity index (χ4n) is 8.53. The number of aliphatic hydroxyl groups excluding tert-OH is 1. The summed E-state index contributed by atoms with van der Waals surface area (Å²) in [7, 11) is 0. The van der Waals surface area contributed by atoms with Crippen molar-refractivity contribution in [2.75, 3.05) is 19.6 Å². The molecule has 1 amide bonds. The number of carbonyl (C=O) groups excluding carboxylic acids is 1. The number of piperidine rings is 1. The maximum absolute atomic E-state index is 13.8. The number of β-amino-alcohol motifs (C(OH)–C–C–N with tert-alkyl or cyclic N) is 1. The predicted octanol–water partition coefficient (Wildman–Crippen LogP) is 5.62. The predicted molar refractivity (Wildman–Crippen MR) is 158 cm³/mol. The van der Waals surface area contributed by atoms with Crippen molar-refractivity contribution in [3.63, 3.8) is 0 Å². The zero-order valence-corrected chi connectivity index (χ0v) is 24.0. The van der Waals surface area contributed by atoms with Crippen LogP contribution in [0.3, 0.4) is 0 Å². The molecule has 6 heteroatoms. The van der Waals surface area contributed by atoms with Crippen molar-refractivity contribution in [2.45, 2.75) is 69.2 Å². The van der Waals surface area contributed by atoms with Gasteiger partial charge in [0.05, 0.1) is 24.7 Å². The summed E-state index contributed by atoms with van der Waals surface area (Å²) in [5, 5.41) is 11.2. The summed E-state index contributed by atoms with van der Waals surface area (Å²) >= 11 is 0. The van der Waals surface area contributed by atoms with E-state index in [9.17, 15) is 9.90 Å². The van der Waals surface area contributed by atoms with E-state index in [0.717, 1.165) is 49.1 Å². The van der Waals surface area contributed by atoms with Crippen LogP contribution in [0.1, 0.15) is 61.5 Å². The van der Waals surface area contributed by atoms with E-state index in [0.29, 0.717) is 31.0 Å². The summed E-state index contributed by atoms with van der Waals surface area (Å²) in [6.07, 6.45) is 10.2. The summed E-state index contributed by atoms with van der Waals surface area (Å²) < 4.78 is 12.1. The first-order valence-electron chi connectivity index (χ1n) is 15.2. The van der Waals surface area contributed by atoms with Crippen LogP contribution in [-0.2, 0) is 16.6 Å². The third kappa shape index (κ3) is 4.43. The monoisotopic (exact) mass is 552 g/mol. The van der Waals surface area contributed by atoms with Crippen LogP contribution in [-0.4, -0.2) is 58.6 Å². The Morgan fingerprint density at radius 2 is 2.00 bits per heavy atom. The lowest BCUT2D eigenvalue weighted by atomic mass is 9.51. The van der Waals surface area contributed by atoms with Crippen molar-refractivity contribution in [3.05, 3.63) is 95.5 Å². The maximum atomic E-state index is 13.8. The van der Waals surface area contributed by atoms with Gasteiger partial charge in [-0.2, -0.15) is 0 Å². The number of carbonyl (C=O) groups is 1. The number of ether oxygens (including phenoxy) is 1. The normalized spacial score (nSPS) is 28.9. The Morgan fingerprint density at radius 1 is 1.15 bits per heavy atom. The first kappa shape index (κ1) is 26.5. The molecular formula is C35H40N2O4. The molecule has 3 aromatic rings. The Kier molecular flexibility index (Phi) is 6.79. The lowest BCUT2D eigenvalue weighted by Crippen LogP contribution is -2.69. The van der Waals surface area contributed by atoms with E-state index in [4.69, 9.17) is 9.15 Å². The highest BCUT2D eigenvalue weighted by atomic mass is 16.5. The molecule has 4 aliphatic rings. The summed E-state index contributed by atoms with van der Waals surface area (Å²) in [4.78, 5) is 18.4. The molecule has 41 heavy (non-hydrogen) atoms. The minimum absolute atomic E-state index is 0.00982. The van der Waals surface area contributed by atoms with Crippen LogP contribution < -0.4 is 4.74 Å². The van der Waals surface area contributed by atoms with E-state index in [1.54, 1.807) is 18.6 Å². The van der Waals surface area contributed by atoms with Gasteiger partial charge in [-0.1, -0.05) is 56.3 Å². The number of nitrogens with zero attached hydrogens (tertiary/aromatic N) is 2. The van der Waals surface area contributed by atoms with Crippen LogP contribution in [0.15, 0.2) is 77.6 Å². The lowest BCUT2D eigenvalue weighted by molar-refractivity contribution is -0.139. The Balaban J connectivity index is 1.21. The summed E-state index contributed by atoms with van der Waals surface area (Å²) in [6.45, 7) is 6.62. The summed E-state index contributed by atoms with van der Waals surface area (Å²) in [6, 6.07) is 18.8. The van der Waals surface area contributed by atoms with Gasteiger partial charge in [-0.15, -0.1) is 0 Å². The zero-order valence-electron chi connectivity index (χ0n) is 24.0. The molecule has 2 aliphatic carbocycles. The second kappa shape index (κ2) is 10.5. The van der Waals surface area contributed by atoms with Crippen LogP contribution in [0, 0.1) is 11.8 Å². The van der Waals surface area contributed by atoms with Gasteiger partial charge in [0.15, 0.2) is 0 Å². The van der Waals surface area contributed by atoms with Gasteiger partial charge in [-0.25, -0.2) is 0 Å². The smallest absolute Gasteiger partial charge is 0.246 e. The lowest BCUT2D eigenvalue weighted by Gasteiger charge is -2.60. The minimum Gasteiger partial charge on any atom is -0.487 e. The van der Waals surface area contributed by atoms with Gasteiger partial charge in [0.1, 0.15) is 11.9 Å². The number of furan rings is 1.